The van der Waals surface area contributed by atoms with E-state index < -0.39 is 0 Å². The van der Waals surface area contributed by atoms with Crippen molar-refractivity contribution in [2.24, 2.45) is 5.10 Å². The first-order valence-corrected chi connectivity index (χ1v) is 7.50. The molecule has 0 atom stereocenters. The molecule has 23 heavy (non-hydrogen) atoms. The Morgan fingerprint density at radius 3 is 2.74 bits per heavy atom. The van der Waals surface area contributed by atoms with Crippen LogP contribution in [0, 0.1) is 0 Å². The number of imidazole rings is 1. The molecule has 0 saturated carbocycles. The van der Waals surface area contributed by atoms with E-state index in [-0.39, 0.29) is 12.5 Å². The van der Waals surface area contributed by atoms with E-state index in [1.165, 1.54) is 0 Å². The number of fused-ring (bicyclic) bond motifs is 1. The van der Waals surface area contributed by atoms with Gasteiger partial charge in [0, 0.05) is 5.02 Å². The molecule has 3 aromatic rings. The summed E-state index contributed by atoms with van der Waals surface area (Å²) in [5.74, 6) is -0.207. The number of hydrazone groups is 1. The average molecular weight is 327 g/mol. The molecule has 0 fully saturated rings. The average Bonchev–Trinajstić information content (AvgIpc) is 2.96. The van der Waals surface area contributed by atoms with Crippen LogP contribution < -0.4 is 5.43 Å². The second kappa shape index (κ2) is 6.62. The van der Waals surface area contributed by atoms with Crippen LogP contribution in [0.25, 0.3) is 11.0 Å². The highest BCUT2D eigenvalue weighted by atomic mass is 35.5. The maximum absolute atomic E-state index is 12.1. The largest absolute Gasteiger partial charge is 0.321 e. The summed E-state index contributed by atoms with van der Waals surface area (Å²) in [6.07, 6.45) is 1.65. The number of amides is 1. The zero-order valence-electron chi connectivity index (χ0n) is 12.5. The number of carbonyl (C=O) groups is 1. The van der Waals surface area contributed by atoms with Crippen LogP contribution in [0.4, 0.5) is 0 Å². The summed E-state index contributed by atoms with van der Waals surface area (Å²) in [4.78, 5) is 16.3. The number of benzene rings is 2. The molecule has 1 N–H and O–H groups in total. The fourth-order valence-corrected chi connectivity index (χ4v) is 2.35. The van der Waals surface area contributed by atoms with E-state index in [9.17, 15) is 4.79 Å². The second-order valence-corrected chi connectivity index (χ2v) is 5.54. The monoisotopic (exact) mass is 326 g/mol. The minimum Gasteiger partial charge on any atom is -0.321 e. The molecule has 6 heteroatoms. The topological polar surface area (TPSA) is 59.3 Å². The van der Waals surface area contributed by atoms with Crippen LogP contribution in [-0.2, 0) is 11.3 Å². The van der Waals surface area contributed by atoms with Crippen molar-refractivity contribution in [1.82, 2.24) is 15.0 Å². The Hall–Kier alpha value is -2.66. The molecule has 0 unspecified atom stereocenters. The van der Waals surface area contributed by atoms with Gasteiger partial charge in [0.1, 0.15) is 6.54 Å². The summed E-state index contributed by atoms with van der Waals surface area (Å²) in [6.45, 7) is 1.99. The van der Waals surface area contributed by atoms with Gasteiger partial charge in [-0.2, -0.15) is 5.10 Å². The molecule has 2 aromatic carbocycles. The predicted octanol–water partition coefficient (Wildman–Crippen LogP) is 3.23. The van der Waals surface area contributed by atoms with Crippen molar-refractivity contribution in [2.45, 2.75) is 13.5 Å². The Kier molecular flexibility index (Phi) is 4.39. The molecular formula is C17H15ClN4O. The van der Waals surface area contributed by atoms with Gasteiger partial charge in [0.05, 0.1) is 23.1 Å². The molecule has 0 spiro atoms. The minimum absolute atomic E-state index is 0.165. The van der Waals surface area contributed by atoms with Gasteiger partial charge in [-0.1, -0.05) is 35.9 Å². The summed E-state index contributed by atoms with van der Waals surface area (Å²) < 4.78 is 1.79. The molecule has 1 heterocycles. The first-order chi connectivity index (χ1) is 11.1. The van der Waals surface area contributed by atoms with E-state index in [2.05, 4.69) is 15.5 Å². The van der Waals surface area contributed by atoms with Crippen molar-refractivity contribution in [2.75, 3.05) is 0 Å². The van der Waals surface area contributed by atoms with Gasteiger partial charge < -0.3 is 4.57 Å². The lowest BCUT2D eigenvalue weighted by molar-refractivity contribution is -0.121. The second-order valence-electron chi connectivity index (χ2n) is 5.10. The maximum atomic E-state index is 12.1. The molecule has 0 bridgehead atoms. The van der Waals surface area contributed by atoms with E-state index in [0.29, 0.717) is 10.7 Å². The van der Waals surface area contributed by atoms with Crippen molar-refractivity contribution >= 4 is 34.3 Å². The van der Waals surface area contributed by atoms with Crippen LogP contribution in [0.15, 0.2) is 60.0 Å². The third kappa shape index (κ3) is 3.57. The summed E-state index contributed by atoms with van der Waals surface area (Å²) in [6, 6.07) is 15.0. The SMILES string of the molecule is C/C(=N\NC(=O)Cn1cnc2ccccc21)c1ccc(Cl)cc1. The van der Waals surface area contributed by atoms with Crippen molar-refractivity contribution in [3.05, 3.63) is 65.4 Å². The summed E-state index contributed by atoms with van der Waals surface area (Å²) in [7, 11) is 0. The molecule has 1 amide bonds. The lowest BCUT2D eigenvalue weighted by Gasteiger charge is -2.05. The Balaban J connectivity index is 1.67. The van der Waals surface area contributed by atoms with E-state index in [4.69, 9.17) is 11.6 Å². The summed E-state index contributed by atoms with van der Waals surface area (Å²) in [5, 5.41) is 4.79. The Labute approximate surface area is 138 Å². The first-order valence-electron chi connectivity index (χ1n) is 7.12. The van der Waals surface area contributed by atoms with Crippen molar-refractivity contribution in [3.8, 4) is 0 Å². The van der Waals surface area contributed by atoms with Crippen LogP contribution in [0.1, 0.15) is 12.5 Å². The molecule has 0 radical (unpaired) electrons. The lowest BCUT2D eigenvalue weighted by atomic mass is 10.1. The number of rotatable bonds is 4. The summed E-state index contributed by atoms with van der Waals surface area (Å²) in [5.41, 5.74) is 5.96. The molecule has 0 saturated heterocycles. The van der Waals surface area contributed by atoms with Crippen LogP contribution in [0.3, 0.4) is 0 Å². The van der Waals surface area contributed by atoms with Gasteiger partial charge in [-0.25, -0.2) is 10.4 Å². The Morgan fingerprint density at radius 2 is 1.96 bits per heavy atom. The van der Waals surface area contributed by atoms with Crippen molar-refractivity contribution < 1.29 is 4.79 Å². The highest BCUT2D eigenvalue weighted by Gasteiger charge is 2.06. The number of para-hydroxylation sites is 2. The van der Waals surface area contributed by atoms with Crippen molar-refractivity contribution in [1.29, 1.82) is 0 Å². The normalized spacial score (nSPS) is 11.7. The highest BCUT2D eigenvalue weighted by molar-refractivity contribution is 6.30. The first kappa shape index (κ1) is 15.2. The Bertz CT molecular complexity index is 868. The maximum Gasteiger partial charge on any atom is 0.260 e. The third-order valence-corrected chi connectivity index (χ3v) is 3.70. The lowest BCUT2D eigenvalue weighted by Crippen LogP contribution is -2.24. The number of nitrogens with one attached hydrogen (secondary N) is 1. The fourth-order valence-electron chi connectivity index (χ4n) is 2.23. The number of hydrogen-bond acceptors (Lipinski definition) is 3. The van der Waals surface area contributed by atoms with Crippen LogP contribution in [0.2, 0.25) is 5.02 Å². The number of nitrogens with zero attached hydrogens (tertiary/aromatic N) is 3. The number of halogens is 1. The molecule has 1 aromatic heterocycles. The zero-order chi connectivity index (χ0) is 16.2. The number of carbonyl (C=O) groups excluding carboxylic acids is 1. The quantitative estimate of drug-likeness (QED) is 0.591. The van der Waals surface area contributed by atoms with E-state index in [1.807, 2.05) is 43.3 Å². The van der Waals surface area contributed by atoms with Crippen LogP contribution in [0.5, 0.6) is 0 Å². The zero-order valence-corrected chi connectivity index (χ0v) is 13.3. The fraction of sp³-hybridized carbons (Fsp3) is 0.118. The molecular weight excluding hydrogens is 312 g/mol. The van der Waals surface area contributed by atoms with Crippen LogP contribution in [-0.4, -0.2) is 21.2 Å². The third-order valence-electron chi connectivity index (χ3n) is 3.45. The molecule has 3 rings (SSSR count). The van der Waals surface area contributed by atoms with Gasteiger partial charge >= 0.3 is 0 Å². The molecule has 0 aliphatic rings. The molecule has 5 nitrogen and oxygen atoms in total. The van der Waals surface area contributed by atoms with Gasteiger partial charge in [-0.15, -0.1) is 0 Å². The Morgan fingerprint density at radius 1 is 1.22 bits per heavy atom. The van der Waals surface area contributed by atoms with Crippen LogP contribution >= 0.6 is 11.6 Å². The van der Waals surface area contributed by atoms with E-state index >= 15 is 0 Å². The van der Waals surface area contributed by atoms with Gasteiger partial charge in [0.15, 0.2) is 0 Å². The van der Waals surface area contributed by atoms with E-state index in [1.54, 1.807) is 23.0 Å². The summed E-state index contributed by atoms with van der Waals surface area (Å²) >= 11 is 5.85. The van der Waals surface area contributed by atoms with Gasteiger partial charge in [-0.3, -0.25) is 4.79 Å². The minimum atomic E-state index is -0.207. The van der Waals surface area contributed by atoms with Gasteiger partial charge in [-0.05, 0) is 36.8 Å². The molecule has 0 aliphatic heterocycles. The molecule has 0 aliphatic carbocycles. The van der Waals surface area contributed by atoms with Crippen molar-refractivity contribution in [3.63, 3.8) is 0 Å². The molecule has 116 valence electrons. The van der Waals surface area contributed by atoms with E-state index in [0.717, 1.165) is 16.6 Å². The highest BCUT2D eigenvalue weighted by Crippen LogP contribution is 2.12. The standard InChI is InChI=1S/C17H15ClN4O/c1-12(13-6-8-14(18)9-7-13)20-21-17(23)10-22-11-19-15-4-2-3-5-16(15)22/h2-9,11H,10H2,1H3,(H,21,23)/b20-12+. The predicted molar refractivity (Wildman–Crippen MR) is 91.5 cm³/mol. The smallest absolute Gasteiger partial charge is 0.260 e. The number of hydrogen-bond donors (Lipinski definition) is 1. The number of aromatic nitrogens is 2. The van der Waals surface area contributed by atoms with Gasteiger partial charge in [0.2, 0.25) is 0 Å². The van der Waals surface area contributed by atoms with Gasteiger partial charge in [0.25, 0.3) is 5.91 Å².